The number of carboxylic acids is 1. The van der Waals surface area contributed by atoms with Crippen LogP contribution in [0.1, 0.15) is 12.8 Å². The van der Waals surface area contributed by atoms with Crippen LogP contribution in [0.3, 0.4) is 0 Å². The number of anilines is 1. The van der Waals surface area contributed by atoms with Crippen molar-refractivity contribution in [2.75, 3.05) is 32.3 Å². The van der Waals surface area contributed by atoms with E-state index in [-0.39, 0.29) is 12.6 Å². The predicted octanol–water partition coefficient (Wildman–Crippen LogP) is 1.82. The van der Waals surface area contributed by atoms with Crippen molar-refractivity contribution < 1.29 is 23.9 Å². The molecule has 2 aromatic rings. The number of carboxylic acid groups (broad SMARTS) is 1. The summed E-state index contributed by atoms with van der Waals surface area (Å²) < 4.78 is 15.6. The smallest absolute Gasteiger partial charge is 0.332 e. The average molecular weight is 333 g/mol. The van der Waals surface area contributed by atoms with E-state index in [1.54, 1.807) is 24.1 Å². The summed E-state index contributed by atoms with van der Waals surface area (Å²) in [5.74, 6) is 0.175. The third-order valence-corrected chi connectivity index (χ3v) is 4.26. The van der Waals surface area contributed by atoms with Gasteiger partial charge in [0.1, 0.15) is 5.75 Å². The lowest BCUT2D eigenvalue weighted by Crippen LogP contribution is -2.54. The molecule has 0 amide bonds. The molecule has 128 valence electrons. The maximum absolute atomic E-state index is 11.8. The number of rotatable bonds is 6. The molecule has 1 aromatic carbocycles. The molecule has 1 fully saturated rings. The van der Waals surface area contributed by atoms with Gasteiger partial charge in [-0.2, -0.15) is 4.98 Å². The van der Waals surface area contributed by atoms with Crippen LogP contribution in [0.15, 0.2) is 28.8 Å². The van der Waals surface area contributed by atoms with Crippen LogP contribution in [0.5, 0.6) is 5.75 Å². The summed E-state index contributed by atoms with van der Waals surface area (Å²) in [7, 11) is 3.08. The highest BCUT2D eigenvalue weighted by Gasteiger charge is 2.50. The van der Waals surface area contributed by atoms with Gasteiger partial charge >= 0.3 is 12.0 Å². The van der Waals surface area contributed by atoms with E-state index in [0.717, 1.165) is 17.7 Å². The van der Waals surface area contributed by atoms with Gasteiger partial charge < -0.3 is 24.0 Å². The summed E-state index contributed by atoms with van der Waals surface area (Å²) in [5, 5.41) is 13.7. The molecule has 8 nitrogen and oxygen atoms in total. The van der Waals surface area contributed by atoms with Gasteiger partial charge in [0.2, 0.25) is 5.82 Å². The minimum atomic E-state index is -1.17. The SMILES string of the molecule is COCC1(C(=O)O)CCCN1c1nc(-c2ccc(OC)cc2)no1. The van der Waals surface area contributed by atoms with Gasteiger partial charge in [-0.15, -0.1) is 0 Å². The van der Waals surface area contributed by atoms with E-state index in [1.165, 1.54) is 7.11 Å². The van der Waals surface area contributed by atoms with E-state index in [1.807, 2.05) is 12.1 Å². The van der Waals surface area contributed by atoms with Crippen molar-refractivity contribution >= 4 is 12.0 Å². The molecule has 0 saturated carbocycles. The molecular formula is C16H19N3O5. The number of hydrogen-bond donors (Lipinski definition) is 1. The second kappa shape index (κ2) is 6.48. The number of aromatic nitrogens is 2. The molecule has 1 aliphatic rings. The molecule has 0 bridgehead atoms. The van der Waals surface area contributed by atoms with Crippen molar-refractivity contribution in [3.05, 3.63) is 24.3 Å². The van der Waals surface area contributed by atoms with Crippen molar-refractivity contribution in [1.29, 1.82) is 0 Å². The molecule has 1 unspecified atom stereocenters. The Morgan fingerprint density at radius 3 is 2.75 bits per heavy atom. The Kier molecular flexibility index (Phi) is 4.39. The Balaban J connectivity index is 1.90. The maximum Gasteiger partial charge on any atom is 0.332 e. The molecule has 0 aliphatic carbocycles. The first-order valence-electron chi connectivity index (χ1n) is 7.59. The van der Waals surface area contributed by atoms with Gasteiger partial charge in [-0.1, -0.05) is 5.16 Å². The van der Waals surface area contributed by atoms with Gasteiger partial charge in [-0.25, -0.2) is 4.79 Å². The highest BCUT2D eigenvalue weighted by Crippen LogP contribution is 2.35. The zero-order chi connectivity index (χ0) is 17.2. The Labute approximate surface area is 139 Å². The van der Waals surface area contributed by atoms with Crippen LogP contribution in [0.2, 0.25) is 0 Å². The maximum atomic E-state index is 11.8. The van der Waals surface area contributed by atoms with E-state index < -0.39 is 11.5 Å². The van der Waals surface area contributed by atoms with Crippen LogP contribution in [0.25, 0.3) is 11.4 Å². The first-order chi connectivity index (χ1) is 11.6. The number of benzene rings is 1. The Morgan fingerprint density at radius 1 is 1.38 bits per heavy atom. The summed E-state index contributed by atoms with van der Waals surface area (Å²) in [6.45, 7) is 0.586. The average Bonchev–Trinajstić information content (AvgIpc) is 3.22. The lowest BCUT2D eigenvalue weighted by atomic mass is 9.98. The van der Waals surface area contributed by atoms with E-state index >= 15 is 0 Å². The van der Waals surface area contributed by atoms with Gasteiger partial charge in [-0.3, -0.25) is 0 Å². The largest absolute Gasteiger partial charge is 0.497 e. The molecule has 1 N–H and O–H groups in total. The van der Waals surface area contributed by atoms with Crippen LogP contribution in [-0.4, -0.2) is 54.1 Å². The number of hydrogen-bond acceptors (Lipinski definition) is 7. The van der Waals surface area contributed by atoms with Crippen LogP contribution < -0.4 is 9.64 Å². The molecule has 1 aliphatic heterocycles. The number of methoxy groups -OCH3 is 2. The van der Waals surface area contributed by atoms with Gasteiger partial charge in [0.15, 0.2) is 5.54 Å². The minimum absolute atomic E-state index is 0.0581. The quantitative estimate of drug-likeness (QED) is 0.855. The summed E-state index contributed by atoms with van der Waals surface area (Å²) in [6.07, 6.45) is 1.19. The Morgan fingerprint density at radius 2 is 2.12 bits per heavy atom. The number of carbonyl (C=O) groups is 1. The van der Waals surface area contributed by atoms with E-state index in [4.69, 9.17) is 14.0 Å². The van der Waals surface area contributed by atoms with Gasteiger partial charge in [0, 0.05) is 19.2 Å². The summed E-state index contributed by atoms with van der Waals surface area (Å²) in [4.78, 5) is 17.8. The molecule has 1 atom stereocenters. The molecule has 2 heterocycles. The van der Waals surface area contributed by atoms with Crippen LogP contribution in [-0.2, 0) is 9.53 Å². The lowest BCUT2D eigenvalue weighted by Gasteiger charge is -2.32. The fourth-order valence-corrected chi connectivity index (χ4v) is 3.01. The molecule has 24 heavy (non-hydrogen) atoms. The third kappa shape index (κ3) is 2.69. The van der Waals surface area contributed by atoms with Crippen molar-refractivity contribution in [1.82, 2.24) is 10.1 Å². The van der Waals surface area contributed by atoms with Gasteiger partial charge in [-0.05, 0) is 37.1 Å². The van der Waals surface area contributed by atoms with Crippen LogP contribution in [0.4, 0.5) is 6.01 Å². The topological polar surface area (TPSA) is 97.9 Å². The van der Waals surface area contributed by atoms with Crippen molar-refractivity contribution in [3.63, 3.8) is 0 Å². The number of ether oxygens (including phenoxy) is 2. The molecule has 1 saturated heterocycles. The highest BCUT2D eigenvalue weighted by atomic mass is 16.5. The summed E-state index contributed by atoms with van der Waals surface area (Å²) in [6, 6.07) is 7.42. The molecule has 0 radical (unpaired) electrons. The van der Waals surface area contributed by atoms with Crippen molar-refractivity contribution in [2.24, 2.45) is 0 Å². The molecule has 1 aromatic heterocycles. The Hall–Kier alpha value is -2.61. The Bertz CT molecular complexity index is 715. The number of nitrogens with zero attached hydrogens (tertiary/aromatic N) is 3. The molecule has 0 spiro atoms. The molecule has 8 heteroatoms. The van der Waals surface area contributed by atoms with Crippen molar-refractivity contribution in [2.45, 2.75) is 18.4 Å². The zero-order valence-electron chi connectivity index (χ0n) is 13.6. The minimum Gasteiger partial charge on any atom is -0.497 e. The fourth-order valence-electron chi connectivity index (χ4n) is 3.01. The van der Waals surface area contributed by atoms with Crippen molar-refractivity contribution in [3.8, 4) is 17.1 Å². The molecule has 3 rings (SSSR count). The second-order valence-electron chi connectivity index (χ2n) is 5.65. The second-order valence-corrected chi connectivity index (χ2v) is 5.65. The fraction of sp³-hybridized carbons (Fsp3) is 0.438. The van der Waals surface area contributed by atoms with E-state index in [0.29, 0.717) is 18.8 Å². The molecular weight excluding hydrogens is 314 g/mol. The lowest BCUT2D eigenvalue weighted by molar-refractivity contribution is -0.145. The predicted molar refractivity (Wildman–Crippen MR) is 85.1 cm³/mol. The first-order valence-corrected chi connectivity index (χ1v) is 7.59. The monoisotopic (exact) mass is 333 g/mol. The summed E-state index contributed by atoms with van der Waals surface area (Å²) in [5.41, 5.74) is -0.406. The van der Waals surface area contributed by atoms with Gasteiger partial charge in [0.05, 0.1) is 13.7 Å². The third-order valence-electron chi connectivity index (χ3n) is 4.26. The highest BCUT2D eigenvalue weighted by molar-refractivity contribution is 5.84. The standard InChI is InChI=1S/C16H19N3O5/c1-22-10-16(14(20)21)8-3-9-19(16)15-17-13(18-24-15)11-4-6-12(23-2)7-5-11/h4-7H,3,8-10H2,1-2H3,(H,20,21). The summed E-state index contributed by atoms with van der Waals surface area (Å²) >= 11 is 0. The zero-order valence-corrected chi connectivity index (χ0v) is 13.6. The number of aliphatic carboxylic acids is 1. The van der Waals surface area contributed by atoms with E-state index in [9.17, 15) is 9.90 Å². The van der Waals surface area contributed by atoms with Crippen LogP contribution in [0, 0.1) is 0 Å². The van der Waals surface area contributed by atoms with Gasteiger partial charge in [0.25, 0.3) is 0 Å². The van der Waals surface area contributed by atoms with E-state index in [2.05, 4.69) is 10.1 Å². The van der Waals surface area contributed by atoms with Crippen LogP contribution >= 0.6 is 0 Å². The first kappa shape index (κ1) is 16.3. The normalized spacial score (nSPS) is 20.3.